The SMILES string of the molecule is N#Cc1ccc(N(C(N)=O)c2cccc(F)c2)cc1. The van der Waals surface area contributed by atoms with Crippen LogP contribution in [0.4, 0.5) is 20.6 Å². The number of nitrogens with two attached hydrogens (primary N) is 1. The van der Waals surface area contributed by atoms with E-state index in [1.54, 1.807) is 30.3 Å². The van der Waals surface area contributed by atoms with Crippen LogP contribution in [0.3, 0.4) is 0 Å². The summed E-state index contributed by atoms with van der Waals surface area (Å²) in [6.45, 7) is 0. The highest BCUT2D eigenvalue weighted by molar-refractivity contribution is 5.98. The Bertz CT molecular complexity index is 646. The quantitative estimate of drug-likeness (QED) is 0.896. The van der Waals surface area contributed by atoms with Gasteiger partial charge in [0.25, 0.3) is 0 Å². The van der Waals surface area contributed by atoms with Gasteiger partial charge in [0.2, 0.25) is 0 Å². The van der Waals surface area contributed by atoms with Gasteiger partial charge in [-0.2, -0.15) is 5.26 Å². The molecule has 0 aliphatic rings. The molecule has 0 aromatic heterocycles. The third kappa shape index (κ3) is 2.69. The molecule has 2 aromatic rings. The molecule has 0 bridgehead atoms. The molecule has 94 valence electrons. The molecular weight excluding hydrogens is 245 g/mol. The summed E-state index contributed by atoms with van der Waals surface area (Å²) >= 11 is 0. The van der Waals surface area contributed by atoms with E-state index >= 15 is 0 Å². The maximum absolute atomic E-state index is 13.2. The van der Waals surface area contributed by atoms with Gasteiger partial charge in [0.15, 0.2) is 0 Å². The molecule has 0 fully saturated rings. The summed E-state index contributed by atoms with van der Waals surface area (Å²) in [7, 11) is 0. The van der Waals surface area contributed by atoms with Crippen molar-refractivity contribution in [1.29, 1.82) is 5.26 Å². The summed E-state index contributed by atoms with van der Waals surface area (Å²) in [5, 5.41) is 8.72. The van der Waals surface area contributed by atoms with Crippen molar-refractivity contribution in [3.63, 3.8) is 0 Å². The third-order valence-corrected chi connectivity index (χ3v) is 2.54. The minimum absolute atomic E-state index is 0.331. The molecule has 0 aliphatic heterocycles. The molecule has 2 aromatic carbocycles. The first-order chi connectivity index (χ1) is 9.11. The number of carbonyl (C=O) groups is 1. The number of primary amides is 1. The van der Waals surface area contributed by atoms with Crippen LogP contribution in [0.15, 0.2) is 48.5 Å². The summed E-state index contributed by atoms with van der Waals surface area (Å²) < 4.78 is 13.2. The van der Waals surface area contributed by atoms with E-state index in [0.717, 1.165) is 0 Å². The molecule has 2 rings (SSSR count). The summed E-state index contributed by atoms with van der Waals surface area (Å²) in [5.41, 5.74) is 6.59. The lowest BCUT2D eigenvalue weighted by atomic mass is 10.2. The van der Waals surface area contributed by atoms with Crippen LogP contribution in [0.1, 0.15) is 5.56 Å². The van der Waals surface area contributed by atoms with E-state index in [1.807, 2.05) is 6.07 Å². The molecule has 0 atom stereocenters. The predicted molar refractivity (Wildman–Crippen MR) is 69.3 cm³/mol. The first-order valence-electron chi connectivity index (χ1n) is 5.47. The number of rotatable bonds is 2. The fourth-order valence-corrected chi connectivity index (χ4v) is 1.70. The average molecular weight is 255 g/mol. The van der Waals surface area contributed by atoms with Crippen LogP contribution in [0.25, 0.3) is 0 Å². The molecule has 0 saturated carbocycles. The van der Waals surface area contributed by atoms with Crippen molar-refractivity contribution < 1.29 is 9.18 Å². The second kappa shape index (κ2) is 5.19. The number of benzene rings is 2. The van der Waals surface area contributed by atoms with Crippen LogP contribution in [0, 0.1) is 17.1 Å². The van der Waals surface area contributed by atoms with Crippen LogP contribution >= 0.6 is 0 Å². The highest BCUT2D eigenvalue weighted by Crippen LogP contribution is 2.25. The number of halogens is 1. The standard InChI is InChI=1S/C14H10FN3O/c15-11-2-1-3-13(8-11)18(14(17)19)12-6-4-10(9-16)5-7-12/h1-8H,(H2,17,19). The van der Waals surface area contributed by atoms with E-state index in [1.165, 1.54) is 23.1 Å². The zero-order valence-electron chi connectivity index (χ0n) is 9.88. The molecule has 2 N–H and O–H groups in total. The fourth-order valence-electron chi connectivity index (χ4n) is 1.70. The molecule has 0 unspecified atom stereocenters. The van der Waals surface area contributed by atoms with Crippen LogP contribution in [-0.4, -0.2) is 6.03 Å². The zero-order chi connectivity index (χ0) is 13.8. The first-order valence-corrected chi connectivity index (χ1v) is 5.47. The van der Waals surface area contributed by atoms with Crippen molar-refractivity contribution in [2.75, 3.05) is 4.90 Å². The van der Waals surface area contributed by atoms with Crippen LogP contribution in [0.2, 0.25) is 0 Å². The van der Waals surface area contributed by atoms with Gasteiger partial charge in [-0.1, -0.05) is 6.07 Å². The Balaban J connectivity index is 2.46. The second-order valence-corrected chi connectivity index (χ2v) is 3.81. The number of hydrogen-bond donors (Lipinski definition) is 1. The first kappa shape index (κ1) is 12.6. The molecule has 4 nitrogen and oxygen atoms in total. The Hall–Kier alpha value is -2.87. The molecule has 0 radical (unpaired) electrons. The maximum Gasteiger partial charge on any atom is 0.323 e. The molecule has 0 spiro atoms. The van der Waals surface area contributed by atoms with Gasteiger partial charge in [-0.25, -0.2) is 9.18 Å². The van der Waals surface area contributed by atoms with Gasteiger partial charge >= 0.3 is 6.03 Å². The van der Waals surface area contributed by atoms with Crippen LogP contribution < -0.4 is 10.6 Å². The number of urea groups is 1. The van der Waals surface area contributed by atoms with Crippen molar-refractivity contribution in [2.45, 2.75) is 0 Å². The molecule has 2 amide bonds. The summed E-state index contributed by atoms with van der Waals surface area (Å²) in [6, 6.07) is 13.1. The summed E-state index contributed by atoms with van der Waals surface area (Å²) in [5.74, 6) is -0.461. The van der Waals surface area contributed by atoms with Crippen molar-refractivity contribution in [2.24, 2.45) is 5.73 Å². The lowest BCUT2D eigenvalue weighted by molar-refractivity contribution is 0.256. The van der Waals surface area contributed by atoms with Gasteiger partial charge in [-0.05, 0) is 42.5 Å². The number of hydrogen-bond acceptors (Lipinski definition) is 2. The fraction of sp³-hybridized carbons (Fsp3) is 0. The monoisotopic (exact) mass is 255 g/mol. The van der Waals surface area contributed by atoms with Gasteiger partial charge in [-0.15, -0.1) is 0 Å². The van der Waals surface area contributed by atoms with Gasteiger partial charge < -0.3 is 5.73 Å². The van der Waals surface area contributed by atoms with E-state index in [9.17, 15) is 9.18 Å². The lowest BCUT2D eigenvalue weighted by Gasteiger charge is -2.20. The molecular formula is C14H10FN3O. The van der Waals surface area contributed by atoms with Crippen LogP contribution in [-0.2, 0) is 0 Å². The number of amides is 2. The smallest absolute Gasteiger partial charge is 0.323 e. The molecule has 0 saturated heterocycles. The minimum Gasteiger partial charge on any atom is -0.351 e. The predicted octanol–water partition coefficient (Wildman–Crippen LogP) is 2.91. The van der Waals surface area contributed by atoms with Gasteiger partial charge in [0, 0.05) is 0 Å². The summed E-state index contributed by atoms with van der Waals surface area (Å²) in [4.78, 5) is 12.7. The highest BCUT2D eigenvalue weighted by atomic mass is 19.1. The number of nitriles is 1. The normalized spacial score (nSPS) is 9.68. The van der Waals surface area contributed by atoms with Crippen molar-refractivity contribution >= 4 is 17.4 Å². The largest absolute Gasteiger partial charge is 0.351 e. The van der Waals surface area contributed by atoms with E-state index < -0.39 is 11.8 Å². The minimum atomic E-state index is -0.727. The van der Waals surface area contributed by atoms with E-state index in [-0.39, 0.29) is 0 Å². The molecule has 0 heterocycles. The Kier molecular flexibility index (Phi) is 3.44. The van der Waals surface area contributed by atoms with E-state index in [4.69, 9.17) is 11.0 Å². The highest BCUT2D eigenvalue weighted by Gasteiger charge is 2.15. The average Bonchev–Trinajstić information content (AvgIpc) is 2.39. The Labute approximate surface area is 109 Å². The summed E-state index contributed by atoms with van der Waals surface area (Å²) in [6.07, 6.45) is 0. The van der Waals surface area contributed by atoms with Crippen molar-refractivity contribution in [3.05, 3.63) is 59.9 Å². The van der Waals surface area contributed by atoms with Crippen molar-refractivity contribution in [3.8, 4) is 6.07 Å². The van der Waals surface area contributed by atoms with E-state index in [2.05, 4.69) is 0 Å². The van der Waals surface area contributed by atoms with Gasteiger partial charge in [0.1, 0.15) is 5.82 Å². The van der Waals surface area contributed by atoms with Gasteiger partial charge in [0.05, 0.1) is 23.0 Å². The van der Waals surface area contributed by atoms with Gasteiger partial charge in [-0.3, -0.25) is 4.90 Å². The zero-order valence-corrected chi connectivity index (χ0v) is 9.88. The lowest BCUT2D eigenvalue weighted by Crippen LogP contribution is -2.31. The van der Waals surface area contributed by atoms with Crippen LogP contribution in [0.5, 0.6) is 0 Å². The number of nitrogens with zero attached hydrogens (tertiary/aromatic N) is 2. The Morgan fingerprint density at radius 2 is 1.84 bits per heavy atom. The molecule has 5 heteroatoms. The number of anilines is 2. The number of carbonyl (C=O) groups excluding carboxylic acids is 1. The topological polar surface area (TPSA) is 70.1 Å². The Morgan fingerprint density at radius 1 is 1.16 bits per heavy atom. The molecule has 0 aliphatic carbocycles. The second-order valence-electron chi connectivity index (χ2n) is 3.81. The Morgan fingerprint density at radius 3 is 2.37 bits per heavy atom. The van der Waals surface area contributed by atoms with E-state index in [0.29, 0.717) is 16.9 Å². The maximum atomic E-state index is 13.2. The molecule has 19 heavy (non-hydrogen) atoms. The van der Waals surface area contributed by atoms with Crippen molar-refractivity contribution in [1.82, 2.24) is 0 Å². The third-order valence-electron chi connectivity index (χ3n) is 2.54.